The largest absolute Gasteiger partial charge is 0.488 e. The Labute approximate surface area is 215 Å². The summed E-state index contributed by atoms with van der Waals surface area (Å²) in [4.78, 5) is 38.6. The van der Waals surface area contributed by atoms with Crippen LogP contribution in [0.5, 0.6) is 5.75 Å². The summed E-state index contributed by atoms with van der Waals surface area (Å²) in [5.41, 5.74) is 1.82. The average molecular weight is 635 g/mol. The number of carbonyl (C=O) groups excluding carboxylic acids is 3. The molecule has 4 rings (SSSR count). The number of urea groups is 1. The Morgan fingerprint density at radius 2 is 1.48 bits per heavy atom. The standard InChI is InChI=1S/C24H15Br3N2O4/c25-16-4-1-14(2-5-16)13-33-21-10-3-15(12-20(21)27)11-19-22(30)28-24(32)29(23(19)31)18-8-6-17(26)7-9-18/h1-12H,13H2,(H,28,30,32). The lowest BCUT2D eigenvalue weighted by Crippen LogP contribution is -2.54. The Kier molecular flexibility index (Phi) is 7.11. The number of nitrogens with zero attached hydrogens (tertiary/aromatic N) is 1. The first-order valence-electron chi connectivity index (χ1n) is 9.65. The predicted octanol–water partition coefficient (Wildman–Crippen LogP) is 6.22. The maximum Gasteiger partial charge on any atom is 0.335 e. The molecule has 9 heteroatoms. The molecule has 1 heterocycles. The Hall–Kier alpha value is -2.75. The van der Waals surface area contributed by atoms with Gasteiger partial charge < -0.3 is 4.74 Å². The number of halogens is 3. The van der Waals surface area contributed by atoms with Crippen molar-refractivity contribution in [2.75, 3.05) is 4.90 Å². The molecule has 166 valence electrons. The molecule has 0 aliphatic carbocycles. The number of barbiturate groups is 1. The minimum atomic E-state index is -0.789. The zero-order valence-electron chi connectivity index (χ0n) is 16.8. The Balaban J connectivity index is 1.55. The van der Waals surface area contributed by atoms with E-state index < -0.39 is 17.8 Å². The van der Waals surface area contributed by atoms with Crippen LogP contribution in [0, 0.1) is 0 Å². The van der Waals surface area contributed by atoms with Gasteiger partial charge in [0.05, 0.1) is 10.2 Å². The number of benzene rings is 3. The highest BCUT2D eigenvalue weighted by molar-refractivity contribution is 9.11. The van der Waals surface area contributed by atoms with E-state index in [1.807, 2.05) is 24.3 Å². The maximum absolute atomic E-state index is 13.0. The number of carbonyl (C=O) groups is 3. The van der Waals surface area contributed by atoms with Gasteiger partial charge in [-0.1, -0.05) is 50.1 Å². The summed E-state index contributed by atoms with van der Waals surface area (Å²) in [7, 11) is 0. The van der Waals surface area contributed by atoms with Gasteiger partial charge in [-0.2, -0.15) is 0 Å². The number of ether oxygens (including phenoxy) is 1. The summed E-state index contributed by atoms with van der Waals surface area (Å²) < 4.78 is 8.32. The van der Waals surface area contributed by atoms with Gasteiger partial charge in [0.25, 0.3) is 11.8 Å². The first-order chi connectivity index (χ1) is 15.8. The van der Waals surface area contributed by atoms with Crippen LogP contribution in [0.1, 0.15) is 11.1 Å². The highest BCUT2D eigenvalue weighted by atomic mass is 79.9. The molecule has 3 aromatic rings. The van der Waals surface area contributed by atoms with Crippen LogP contribution in [0.3, 0.4) is 0 Å². The highest BCUT2D eigenvalue weighted by Gasteiger charge is 2.36. The molecule has 1 fully saturated rings. The Morgan fingerprint density at radius 1 is 0.848 bits per heavy atom. The van der Waals surface area contributed by atoms with Crippen molar-refractivity contribution in [3.05, 3.63) is 96.8 Å². The average Bonchev–Trinajstić information content (AvgIpc) is 2.78. The minimum absolute atomic E-state index is 0.145. The van der Waals surface area contributed by atoms with Crippen LogP contribution in [0.2, 0.25) is 0 Å². The number of amides is 4. The minimum Gasteiger partial charge on any atom is -0.488 e. The third-order valence-corrected chi connectivity index (χ3v) is 6.44. The van der Waals surface area contributed by atoms with Crippen molar-refractivity contribution < 1.29 is 19.1 Å². The van der Waals surface area contributed by atoms with Gasteiger partial charge in [0.1, 0.15) is 17.9 Å². The van der Waals surface area contributed by atoms with E-state index in [0.29, 0.717) is 28.1 Å². The molecule has 0 bridgehead atoms. The van der Waals surface area contributed by atoms with E-state index >= 15 is 0 Å². The van der Waals surface area contributed by atoms with Crippen molar-refractivity contribution in [1.29, 1.82) is 0 Å². The summed E-state index contributed by atoms with van der Waals surface area (Å²) in [5, 5.41) is 2.22. The second kappa shape index (κ2) is 10.0. The lowest BCUT2D eigenvalue weighted by molar-refractivity contribution is -0.122. The maximum atomic E-state index is 13.0. The van der Waals surface area contributed by atoms with E-state index in [1.54, 1.807) is 42.5 Å². The van der Waals surface area contributed by atoms with Gasteiger partial charge in [0.2, 0.25) is 0 Å². The van der Waals surface area contributed by atoms with Crippen LogP contribution in [0.25, 0.3) is 6.08 Å². The van der Waals surface area contributed by atoms with Crippen LogP contribution in [0.4, 0.5) is 10.5 Å². The molecule has 0 aromatic heterocycles. The monoisotopic (exact) mass is 632 g/mol. The molecule has 1 saturated heterocycles. The van der Waals surface area contributed by atoms with Crippen molar-refractivity contribution in [3.8, 4) is 5.75 Å². The predicted molar refractivity (Wildman–Crippen MR) is 136 cm³/mol. The molecule has 0 radical (unpaired) electrons. The third-order valence-electron chi connectivity index (χ3n) is 4.76. The summed E-state index contributed by atoms with van der Waals surface area (Å²) in [6.45, 7) is 0.386. The third kappa shape index (κ3) is 5.43. The molecule has 33 heavy (non-hydrogen) atoms. The molecular formula is C24H15Br3N2O4. The molecule has 6 nitrogen and oxygen atoms in total. The molecule has 4 amide bonds. The van der Waals surface area contributed by atoms with Crippen molar-refractivity contribution >= 4 is 77.4 Å². The molecule has 0 unspecified atom stereocenters. The van der Waals surface area contributed by atoms with E-state index in [9.17, 15) is 14.4 Å². The molecule has 0 atom stereocenters. The topological polar surface area (TPSA) is 75.7 Å². The Morgan fingerprint density at radius 3 is 2.12 bits per heavy atom. The van der Waals surface area contributed by atoms with Gasteiger partial charge >= 0.3 is 6.03 Å². The number of hydrogen-bond donors (Lipinski definition) is 1. The van der Waals surface area contributed by atoms with Crippen molar-refractivity contribution in [3.63, 3.8) is 0 Å². The molecule has 1 N–H and O–H groups in total. The zero-order valence-corrected chi connectivity index (χ0v) is 21.6. The number of rotatable bonds is 5. The number of anilines is 1. The van der Waals surface area contributed by atoms with E-state index in [2.05, 4.69) is 53.1 Å². The summed E-state index contributed by atoms with van der Waals surface area (Å²) in [6.07, 6.45) is 1.44. The molecular weight excluding hydrogens is 620 g/mol. The van der Waals surface area contributed by atoms with Crippen molar-refractivity contribution in [1.82, 2.24) is 5.32 Å². The highest BCUT2D eigenvalue weighted by Crippen LogP contribution is 2.29. The van der Waals surface area contributed by atoms with Gasteiger partial charge in [-0.25, -0.2) is 9.69 Å². The summed E-state index contributed by atoms with van der Waals surface area (Å²) >= 11 is 10.2. The normalized spacial score (nSPS) is 15.1. The van der Waals surface area contributed by atoms with Crippen LogP contribution in [-0.4, -0.2) is 17.8 Å². The van der Waals surface area contributed by atoms with E-state index in [1.165, 1.54) is 6.08 Å². The fourth-order valence-electron chi connectivity index (χ4n) is 3.11. The number of hydrogen-bond acceptors (Lipinski definition) is 4. The first kappa shape index (κ1) is 23.4. The van der Waals surface area contributed by atoms with Crippen molar-refractivity contribution in [2.24, 2.45) is 0 Å². The molecule has 1 aliphatic rings. The second-order valence-corrected chi connectivity index (χ2v) is 9.72. The quantitative estimate of drug-likeness (QED) is 0.267. The first-order valence-corrected chi connectivity index (χ1v) is 12.0. The van der Waals surface area contributed by atoms with E-state index in [0.717, 1.165) is 19.4 Å². The smallest absolute Gasteiger partial charge is 0.335 e. The van der Waals surface area contributed by atoms with E-state index in [4.69, 9.17) is 4.74 Å². The fourth-order valence-corrected chi connectivity index (χ4v) is 4.15. The number of nitrogens with one attached hydrogen (secondary N) is 1. The molecule has 0 spiro atoms. The molecule has 0 saturated carbocycles. The van der Waals surface area contributed by atoms with Gasteiger partial charge in [-0.05, 0) is 81.7 Å². The summed E-state index contributed by atoms with van der Waals surface area (Å²) in [6, 6.07) is 18.9. The van der Waals surface area contributed by atoms with Gasteiger partial charge in [-0.3, -0.25) is 14.9 Å². The fraction of sp³-hybridized carbons (Fsp3) is 0.0417. The van der Waals surface area contributed by atoms with Gasteiger partial charge in [0.15, 0.2) is 0 Å². The van der Waals surface area contributed by atoms with E-state index in [-0.39, 0.29) is 5.57 Å². The number of imide groups is 2. The van der Waals surface area contributed by atoms with Crippen LogP contribution < -0.4 is 15.0 Å². The van der Waals surface area contributed by atoms with Crippen molar-refractivity contribution in [2.45, 2.75) is 6.61 Å². The van der Waals surface area contributed by atoms with Crippen LogP contribution >= 0.6 is 47.8 Å². The van der Waals surface area contributed by atoms with Crippen LogP contribution in [-0.2, 0) is 16.2 Å². The molecule has 3 aromatic carbocycles. The lowest BCUT2D eigenvalue weighted by Gasteiger charge is -2.26. The summed E-state index contributed by atoms with van der Waals surface area (Å²) in [5.74, 6) is -0.825. The SMILES string of the molecule is O=C1NC(=O)N(c2ccc(Br)cc2)C(=O)C1=Cc1ccc(OCc2ccc(Br)cc2)c(Br)c1. The lowest BCUT2D eigenvalue weighted by atomic mass is 10.1. The van der Waals surface area contributed by atoms with Crippen LogP contribution in [0.15, 0.2) is 85.7 Å². The zero-order chi connectivity index (χ0) is 23.5. The van der Waals surface area contributed by atoms with Gasteiger partial charge in [-0.15, -0.1) is 0 Å². The van der Waals surface area contributed by atoms with Gasteiger partial charge in [0, 0.05) is 8.95 Å². The second-order valence-electron chi connectivity index (χ2n) is 7.04. The molecule has 1 aliphatic heterocycles. The Bertz CT molecular complexity index is 1270.